The van der Waals surface area contributed by atoms with Crippen LogP contribution in [0.4, 0.5) is 0 Å². The number of benzene rings is 1. The molecule has 0 amide bonds. The summed E-state index contributed by atoms with van der Waals surface area (Å²) in [4.78, 5) is 11.7. The number of hydrogen-bond donors (Lipinski definition) is 0. The van der Waals surface area contributed by atoms with Crippen LogP contribution in [-0.2, 0) is 20.4 Å². The van der Waals surface area contributed by atoms with Gasteiger partial charge in [-0.15, -0.1) is 0 Å². The van der Waals surface area contributed by atoms with Gasteiger partial charge in [0.2, 0.25) is 0 Å². The minimum absolute atomic E-state index is 0.0738. The Morgan fingerprint density at radius 1 is 1.12 bits per heavy atom. The Hall–Kier alpha value is -1.16. The van der Waals surface area contributed by atoms with Crippen LogP contribution in [0.1, 0.15) is 26.3 Å². The van der Waals surface area contributed by atoms with Gasteiger partial charge in [-0.2, -0.15) is 0 Å². The topological polar surface area (TPSA) is 51.2 Å². The summed E-state index contributed by atoms with van der Waals surface area (Å²) in [5.74, 6) is -0.699. The first-order valence-electron chi connectivity index (χ1n) is 5.48. The van der Waals surface area contributed by atoms with Crippen molar-refractivity contribution in [1.29, 1.82) is 0 Å². The molecule has 0 aliphatic heterocycles. The lowest BCUT2D eigenvalue weighted by Crippen LogP contribution is -2.28. The minimum atomic E-state index is -3.37. The predicted octanol–water partition coefficient (Wildman–Crippen LogP) is 2.22. The van der Waals surface area contributed by atoms with Crippen molar-refractivity contribution in [3.63, 3.8) is 0 Å². The maximum atomic E-state index is 11.8. The Labute approximate surface area is 103 Å². The lowest BCUT2D eigenvalue weighted by atomic mass is 9.92. The van der Waals surface area contributed by atoms with Crippen LogP contribution in [0.15, 0.2) is 30.3 Å². The number of rotatable bonds is 4. The molecule has 0 unspecified atom stereocenters. The van der Waals surface area contributed by atoms with Crippen molar-refractivity contribution >= 4 is 15.6 Å². The number of sulfone groups is 1. The average molecular weight is 254 g/mol. The van der Waals surface area contributed by atoms with Crippen LogP contribution in [0.5, 0.6) is 0 Å². The first kappa shape index (κ1) is 13.9. The maximum Gasteiger partial charge on any atom is 0.161 e. The summed E-state index contributed by atoms with van der Waals surface area (Å²) in [5, 5.41) is 0. The van der Waals surface area contributed by atoms with E-state index in [2.05, 4.69) is 0 Å². The highest BCUT2D eigenvalue weighted by atomic mass is 32.2. The van der Waals surface area contributed by atoms with E-state index in [1.165, 1.54) is 0 Å². The normalized spacial score (nSPS) is 12.4. The molecule has 0 bridgehead atoms. The van der Waals surface area contributed by atoms with E-state index < -0.39 is 15.3 Å². The molecule has 0 aliphatic rings. The lowest BCUT2D eigenvalue weighted by molar-refractivity contribution is -0.123. The zero-order chi connectivity index (χ0) is 13.1. The van der Waals surface area contributed by atoms with Gasteiger partial charge in [0.05, 0.1) is 5.75 Å². The summed E-state index contributed by atoms with van der Waals surface area (Å²) < 4.78 is 23.7. The predicted molar refractivity (Wildman–Crippen MR) is 68.4 cm³/mol. The molecule has 3 nitrogen and oxygen atoms in total. The van der Waals surface area contributed by atoms with Gasteiger partial charge in [0.1, 0.15) is 5.75 Å². The molecular weight excluding hydrogens is 236 g/mol. The molecule has 0 fully saturated rings. The average Bonchev–Trinajstić information content (AvgIpc) is 2.16. The van der Waals surface area contributed by atoms with E-state index >= 15 is 0 Å². The molecule has 1 aromatic rings. The van der Waals surface area contributed by atoms with Gasteiger partial charge in [-0.05, 0) is 5.56 Å². The zero-order valence-electron chi connectivity index (χ0n) is 10.4. The third-order valence-electron chi connectivity index (χ3n) is 2.42. The first-order valence-corrected chi connectivity index (χ1v) is 7.30. The van der Waals surface area contributed by atoms with Crippen LogP contribution < -0.4 is 0 Å². The number of ketones is 1. The fourth-order valence-electron chi connectivity index (χ4n) is 1.30. The second-order valence-corrected chi connectivity index (χ2v) is 7.26. The zero-order valence-corrected chi connectivity index (χ0v) is 11.3. The highest BCUT2D eigenvalue weighted by Gasteiger charge is 2.26. The van der Waals surface area contributed by atoms with Crippen molar-refractivity contribution < 1.29 is 13.2 Å². The molecule has 0 saturated heterocycles. The molecule has 17 heavy (non-hydrogen) atoms. The molecule has 0 aromatic heterocycles. The fraction of sp³-hybridized carbons (Fsp3) is 0.462. The van der Waals surface area contributed by atoms with E-state index in [9.17, 15) is 13.2 Å². The first-order chi connectivity index (χ1) is 7.71. The maximum absolute atomic E-state index is 11.8. The van der Waals surface area contributed by atoms with Crippen molar-refractivity contribution in [2.45, 2.75) is 26.5 Å². The molecule has 0 radical (unpaired) electrons. The summed E-state index contributed by atoms with van der Waals surface area (Å²) in [6.45, 7) is 5.19. The number of Topliss-reactive ketones (excluding diaryl/α,β-unsaturated/α-hetero) is 1. The molecule has 0 aliphatic carbocycles. The number of carbonyl (C=O) groups excluding carboxylic acids is 1. The van der Waals surface area contributed by atoms with Gasteiger partial charge >= 0.3 is 0 Å². The molecule has 0 heterocycles. The standard InChI is InChI=1S/C13H18O3S/c1-13(2,3)12(14)10-17(15,16)9-11-7-5-4-6-8-11/h4-8H,9-10H2,1-3H3. The van der Waals surface area contributed by atoms with Gasteiger partial charge in [0.15, 0.2) is 15.6 Å². The van der Waals surface area contributed by atoms with Crippen molar-refractivity contribution in [2.24, 2.45) is 5.41 Å². The Balaban J connectivity index is 2.75. The largest absolute Gasteiger partial charge is 0.298 e. The second-order valence-electron chi connectivity index (χ2n) is 5.19. The van der Waals surface area contributed by atoms with Crippen molar-refractivity contribution in [2.75, 3.05) is 5.75 Å². The number of carbonyl (C=O) groups is 1. The molecule has 0 atom stereocenters. The molecule has 1 aromatic carbocycles. The van der Waals surface area contributed by atoms with Crippen molar-refractivity contribution in [3.05, 3.63) is 35.9 Å². The molecule has 0 N–H and O–H groups in total. The van der Waals surface area contributed by atoms with Gasteiger partial charge in [-0.3, -0.25) is 4.79 Å². The van der Waals surface area contributed by atoms with Crippen LogP contribution in [0.25, 0.3) is 0 Å². The van der Waals surface area contributed by atoms with E-state index in [1.54, 1.807) is 45.0 Å². The van der Waals surface area contributed by atoms with E-state index in [0.29, 0.717) is 5.56 Å². The molecule has 94 valence electrons. The van der Waals surface area contributed by atoms with E-state index in [-0.39, 0.29) is 17.3 Å². The van der Waals surface area contributed by atoms with Crippen molar-refractivity contribution in [1.82, 2.24) is 0 Å². The SMILES string of the molecule is CC(C)(C)C(=O)CS(=O)(=O)Cc1ccccc1. The van der Waals surface area contributed by atoms with Crippen LogP contribution in [0.2, 0.25) is 0 Å². The monoisotopic (exact) mass is 254 g/mol. The summed E-state index contributed by atoms with van der Waals surface area (Å²) >= 11 is 0. The Kier molecular flexibility index (Phi) is 4.09. The Morgan fingerprint density at radius 3 is 2.12 bits per heavy atom. The van der Waals surface area contributed by atoms with Gasteiger partial charge in [-0.1, -0.05) is 51.1 Å². The summed E-state index contributed by atoms with van der Waals surface area (Å²) in [6, 6.07) is 8.90. The van der Waals surface area contributed by atoms with Crippen LogP contribution in [0, 0.1) is 5.41 Å². The quantitative estimate of drug-likeness (QED) is 0.827. The number of hydrogen-bond acceptors (Lipinski definition) is 3. The smallest absolute Gasteiger partial charge is 0.161 e. The third-order valence-corrected chi connectivity index (χ3v) is 3.89. The van der Waals surface area contributed by atoms with Crippen molar-refractivity contribution in [3.8, 4) is 0 Å². The fourth-order valence-corrected chi connectivity index (χ4v) is 2.93. The van der Waals surface area contributed by atoms with Crippen LogP contribution >= 0.6 is 0 Å². The van der Waals surface area contributed by atoms with Gasteiger partial charge in [0, 0.05) is 5.41 Å². The van der Waals surface area contributed by atoms with E-state index in [4.69, 9.17) is 0 Å². The Bertz CT molecular complexity index is 481. The molecular formula is C13H18O3S. The molecule has 4 heteroatoms. The highest BCUT2D eigenvalue weighted by Crippen LogP contribution is 2.17. The van der Waals surface area contributed by atoms with Crippen LogP contribution in [-0.4, -0.2) is 20.0 Å². The molecule has 1 rings (SSSR count). The van der Waals surface area contributed by atoms with E-state index in [0.717, 1.165) is 0 Å². The van der Waals surface area contributed by atoms with Gasteiger partial charge < -0.3 is 0 Å². The highest BCUT2D eigenvalue weighted by molar-refractivity contribution is 7.91. The third kappa shape index (κ3) is 4.69. The van der Waals surface area contributed by atoms with Gasteiger partial charge in [-0.25, -0.2) is 8.42 Å². The molecule has 0 saturated carbocycles. The lowest BCUT2D eigenvalue weighted by Gasteiger charge is -2.16. The van der Waals surface area contributed by atoms with Gasteiger partial charge in [0.25, 0.3) is 0 Å². The Morgan fingerprint density at radius 2 is 1.65 bits per heavy atom. The summed E-state index contributed by atoms with van der Waals surface area (Å²) in [5.41, 5.74) is 0.109. The van der Waals surface area contributed by atoms with Crippen LogP contribution in [0.3, 0.4) is 0 Å². The second kappa shape index (κ2) is 5.00. The summed E-state index contributed by atoms with van der Waals surface area (Å²) in [7, 11) is -3.37. The molecule has 0 spiro atoms. The minimum Gasteiger partial charge on any atom is -0.298 e. The summed E-state index contributed by atoms with van der Waals surface area (Å²) in [6.07, 6.45) is 0. The van der Waals surface area contributed by atoms with E-state index in [1.807, 2.05) is 6.07 Å².